The lowest BCUT2D eigenvalue weighted by Crippen LogP contribution is -2.32. The average molecular weight is 271 g/mol. The summed E-state index contributed by atoms with van der Waals surface area (Å²) in [5.41, 5.74) is 6.00. The lowest BCUT2D eigenvalue weighted by Gasteiger charge is -2.24. The Morgan fingerprint density at radius 1 is 1.44 bits per heavy atom. The van der Waals surface area contributed by atoms with Gasteiger partial charge in [-0.2, -0.15) is 0 Å². The van der Waals surface area contributed by atoms with Crippen LogP contribution in [0.2, 0.25) is 5.02 Å². The highest BCUT2D eigenvalue weighted by molar-refractivity contribution is 6.31. The molecule has 1 aromatic carbocycles. The summed E-state index contributed by atoms with van der Waals surface area (Å²) in [7, 11) is 0. The molecular formula is C12H15ClN2O3. The molecule has 1 amide bonds. The van der Waals surface area contributed by atoms with Gasteiger partial charge in [0.05, 0.1) is 11.3 Å². The fraction of sp³-hybridized carbons (Fsp3) is 0.333. The van der Waals surface area contributed by atoms with Crippen LogP contribution in [0.4, 0.5) is 5.69 Å². The van der Waals surface area contributed by atoms with Crippen LogP contribution in [0.15, 0.2) is 18.2 Å². The Labute approximate surface area is 110 Å². The van der Waals surface area contributed by atoms with Gasteiger partial charge in [-0.05, 0) is 24.6 Å². The molecule has 0 aliphatic rings. The van der Waals surface area contributed by atoms with Gasteiger partial charge in [0, 0.05) is 11.6 Å². The number of benzene rings is 1. The van der Waals surface area contributed by atoms with Gasteiger partial charge in [-0.15, -0.1) is 0 Å². The number of carbonyl (C=O) groups excluding carboxylic acids is 1. The van der Waals surface area contributed by atoms with Gasteiger partial charge in [0.2, 0.25) is 0 Å². The number of carboxylic acid groups (broad SMARTS) is 1. The van der Waals surface area contributed by atoms with E-state index in [1.165, 1.54) is 6.07 Å². The maximum Gasteiger partial charge on any atom is 0.323 e. The molecule has 1 aromatic rings. The molecule has 0 atom stereocenters. The van der Waals surface area contributed by atoms with Crippen LogP contribution in [0, 0.1) is 0 Å². The predicted octanol–water partition coefficient (Wildman–Crippen LogP) is 1.74. The fourth-order valence-corrected chi connectivity index (χ4v) is 1.86. The van der Waals surface area contributed by atoms with E-state index in [9.17, 15) is 9.59 Å². The Balaban J connectivity index is 3.19. The molecule has 0 aliphatic heterocycles. The molecular weight excluding hydrogens is 256 g/mol. The number of hydrogen-bond donors (Lipinski definition) is 2. The van der Waals surface area contributed by atoms with Gasteiger partial charge in [0.25, 0.3) is 5.91 Å². The second kappa shape index (κ2) is 6.26. The Morgan fingerprint density at radius 2 is 2.11 bits per heavy atom. The van der Waals surface area contributed by atoms with E-state index in [0.717, 1.165) is 6.42 Å². The van der Waals surface area contributed by atoms with Gasteiger partial charge in [0.1, 0.15) is 6.54 Å². The van der Waals surface area contributed by atoms with Gasteiger partial charge < -0.3 is 15.7 Å². The van der Waals surface area contributed by atoms with Crippen LogP contribution in [0.25, 0.3) is 0 Å². The predicted molar refractivity (Wildman–Crippen MR) is 70.1 cm³/mol. The maximum atomic E-state index is 11.3. The third kappa shape index (κ3) is 3.63. The van der Waals surface area contributed by atoms with Gasteiger partial charge in [0.15, 0.2) is 0 Å². The molecule has 0 bridgehead atoms. The number of carbonyl (C=O) groups is 2. The molecule has 0 saturated heterocycles. The summed E-state index contributed by atoms with van der Waals surface area (Å²) < 4.78 is 0. The van der Waals surface area contributed by atoms with Crippen LogP contribution < -0.4 is 10.6 Å². The number of amides is 1. The number of anilines is 1. The molecule has 0 aliphatic carbocycles. The van der Waals surface area contributed by atoms with Crippen molar-refractivity contribution < 1.29 is 14.7 Å². The largest absolute Gasteiger partial charge is 0.480 e. The minimum Gasteiger partial charge on any atom is -0.480 e. The molecule has 98 valence electrons. The number of carboxylic acids is 1. The molecule has 1 rings (SSSR count). The van der Waals surface area contributed by atoms with Crippen LogP contribution in [-0.2, 0) is 4.79 Å². The zero-order chi connectivity index (χ0) is 13.7. The van der Waals surface area contributed by atoms with E-state index < -0.39 is 11.9 Å². The molecule has 0 heterocycles. The maximum absolute atomic E-state index is 11.3. The zero-order valence-corrected chi connectivity index (χ0v) is 10.8. The van der Waals surface area contributed by atoms with Gasteiger partial charge in [-0.25, -0.2) is 0 Å². The summed E-state index contributed by atoms with van der Waals surface area (Å²) in [5.74, 6) is -1.58. The number of halogens is 1. The minimum absolute atomic E-state index is 0.200. The first kappa shape index (κ1) is 14.3. The summed E-state index contributed by atoms with van der Waals surface area (Å²) in [6, 6.07) is 4.61. The summed E-state index contributed by atoms with van der Waals surface area (Å²) in [6.45, 7) is 2.23. The van der Waals surface area contributed by atoms with Crippen LogP contribution in [0.3, 0.4) is 0 Å². The number of rotatable bonds is 6. The van der Waals surface area contributed by atoms with Crippen molar-refractivity contribution in [3.63, 3.8) is 0 Å². The van der Waals surface area contributed by atoms with Crippen LogP contribution in [0.5, 0.6) is 0 Å². The fourth-order valence-electron chi connectivity index (χ4n) is 1.69. The number of nitrogens with zero attached hydrogens (tertiary/aromatic N) is 1. The SMILES string of the molecule is CCCN(CC(=O)O)c1cc(Cl)ccc1C(N)=O. The van der Waals surface area contributed by atoms with Crippen molar-refractivity contribution >= 4 is 29.2 Å². The summed E-state index contributed by atoms with van der Waals surface area (Å²) in [5, 5.41) is 9.31. The quantitative estimate of drug-likeness (QED) is 0.825. The van der Waals surface area contributed by atoms with Crippen molar-refractivity contribution in [1.29, 1.82) is 0 Å². The highest BCUT2D eigenvalue weighted by atomic mass is 35.5. The number of aliphatic carboxylic acids is 1. The molecule has 5 nitrogen and oxygen atoms in total. The van der Waals surface area contributed by atoms with Crippen LogP contribution in [0.1, 0.15) is 23.7 Å². The van der Waals surface area contributed by atoms with Crippen molar-refractivity contribution in [2.75, 3.05) is 18.0 Å². The van der Waals surface area contributed by atoms with E-state index in [1.807, 2.05) is 6.92 Å². The number of primary amides is 1. The highest BCUT2D eigenvalue weighted by Crippen LogP contribution is 2.25. The zero-order valence-electron chi connectivity index (χ0n) is 10.0. The van der Waals surface area contributed by atoms with Crippen molar-refractivity contribution in [2.45, 2.75) is 13.3 Å². The van der Waals surface area contributed by atoms with Crippen molar-refractivity contribution in [3.05, 3.63) is 28.8 Å². The molecule has 0 saturated carbocycles. The topological polar surface area (TPSA) is 83.6 Å². The smallest absolute Gasteiger partial charge is 0.323 e. The highest BCUT2D eigenvalue weighted by Gasteiger charge is 2.17. The van der Waals surface area contributed by atoms with Gasteiger partial charge >= 0.3 is 5.97 Å². The number of hydrogen-bond acceptors (Lipinski definition) is 3. The van der Waals surface area contributed by atoms with Gasteiger partial charge in [-0.1, -0.05) is 18.5 Å². The average Bonchev–Trinajstić information content (AvgIpc) is 2.27. The molecule has 0 radical (unpaired) electrons. The molecule has 0 unspecified atom stereocenters. The first-order chi connectivity index (χ1) is 8.45. The minimum atomic E-state index is -0.973. The Kier molecular flexibility index (Phi) is 4.97. The van der Waals surface area contributed by atoms with E-state index in [0.29, 0.717) is 17.3 Å². The Hall–Kier alpha value is -1.75. The summed E-state index contributed by atoms with van der Waals surface area (Å²) in [4.78, 5) is 23.7. The standard InChI is InChI=1S/C12H15ClN2O3/c1-2-5-15(7-11(16)17)10-6-8(13)3-4-9(10)12(14)18/h3-4,6H,2,5,7H2,1H3,(H2,14,18)(H,16,17). The lowest BCUT2D eigenvalue weighted by atomic mass is 10.1. The second-order valence-corrected chi connectivity index (χ2v) is 4.28. The summed E-state index contributed by atoms with van der Waals surface area (Å²) in [6.07, 6.45) is 0.748. The van der Waals surface area contributed by atoms with Gasteiger partial charge in [-0.3, -0.25) is 9.59 Å². The van der Waals surface area contributed by atoms with Crippen LogP contribution >= 0.6 is 11.6 Å². The number of nitrogens with two attached hydrogens (primary N) is 1. The molecule has 6 heteroatoms. The van der Waals surface area contributed by atoms with E-state index >= 15 is 0 Å². The van der Waals surface area contributed by atoms with Crippen molar-refractivity contribution in [3.8, 4) is 0 Å². The van der Waals surface area contributed by atoms with E-state index in [-0.39, 0.29) is 12.1 Å². The molecule has 18 heavy (non-hydrogen) atoms. The first-order valence-corrected chi connectivity index (χ1v) is 5.89. The van der Waals surface area contributed by atoms with E-state index in [2.05, 4.69) is 0 Å². The van der Waals surface area contributed by atoms with E-state index in [4.69, 9.17) is 22.4 Å². The molecule has 0 spiro atoms. The second-order valence-electron chi connectivity index (χ2n) is 3.84. The third-order valence-corrected chi connectivity index (χ3v) is 2.62. The molecule has 0 fully saturated rings. The Bertz CT molecular complexity index is 463. The molecule has 0 aromatic heterocycles. The van der Waals surface area contributed by atoms with Crippen molar-refractivity contribution in [2.24, 2.45) is 5.73 Å². The Morgan fingerprint density at radius 3 is 2.61 bits per heavy atom. The monoisotopic (exact) mass is 270 g/mol. The third-order valence-electron chi connectivity index (χ3n) is 2.39. The van der Waals surface area contributed by atoms with Crippen LogP contribution in [-0.4, -0.2) is 30.1 Å². The lowest BCUT2D eigenvalue weighted by molar-refractivity contribution is -0.135. The normalized spacial score (nSPS) is 10.1. The summed E-state index contributed by atoms with van der Waals surface area (Å²) >= 11 is 5.88. The van der Waals surface area contributed by atoms with Crippen molar-refractivity contribution in [1.82, 2.24) is 0 Å². The first-order valence-electron chi connectivity index (χ1n) is 5.51. The molecule has 3 N–H and O–H groups in total. The van der Waals surface area contributed by atoms with E-state index in [1.54, 1.807) is 17.0 Å².